The molecule has 0 aromatic rings. The van der Waals surface area contributed by atoms with Crippen molar-refractivity contribution in [1.82, 2.24) is 52.8 Å². The van der Waals surface area contributed by atoms with E-state index in [1.165, 1.54) is 13.8 Å². The quantitative estimate of drug-likeness (QED) is 0.0164. The third-order valence-corrected chi connectivity index (χ3v) is 15.2. The number of nitrogens with zero attached hydrogens (tertiary/aromatic N) is 1. The number of carbonyl (C=O) groups is 14. The molecule has 0 unspecified atom stereocenters. The number of hydrogen-bond donors (Lipinski definition) is 10. The van der Waals surface area contributed by atoms with Crippen LogP contribution in [0, 0.1) is 0 Å². The van der Waals surface area contributed by atoms with Crippen molar-refractivity contribution in [2.45, 2.75) is 200 Å². The van der Waals surface area contributed by atoms with Gasteiger partial charge in [-0.25, -0.2) is 14.4 Å². The molecule has 1 aliphatic heterocycles. The van der Waals surface area contributed by atoms with Crippen molar-refractivity contribution in [3.8, 4) is 0 Å². The summed E-state index contributed by atoms with van der Waals surface area (Å²) in [4.78, 5) is 175. The van der Waals surface area contributed by atoms with Gasteiger partial charge >= 0.3 is 29.9 Å². The average Bonchev–Trinajstić information content (AvgIpc) is 1.71. The lowest BCUT2D eigenvalue weighted by molar-refractivity contribution is -0.159. The van der Waals surface area contributed by atoms with Crippen LogP contribution in [0.2, 0.25) is 0 Å². The van der Waals surface area contributed by atoms with Gasteiger partial charge in [0.25, 0.3) is 11.8 Å². The maximum atomic E-state index is 13.2. The molecular weight excluding hydrogens is 1530 g/mol. The Morgan fingerprint density at radius 1 is 0.336 bits per heavy atom. The number of nitrogens with one attached hydrogen (secondary N) is 9. The van der Waals surface area contributed by atoms with Gasteiger partial charge in [0.2, 0.25) is 41.4 Å². The van der Waals surface area contributed by atoms with Crippen LogP contribution in [0.1, 0.15) is 153 Å². The van der Waals surface area contributed by atoms with Crippen molar-refractivity contribution in [2.24, 2.45) is 0 Å². The molecule has 666 valence electrons. The van der Waals surface area contributed by atoms with Crippen LogP contribution in [0.4, 0.5) is 4.79 Å². The van der Waals surface area contributed by atoms with Crippen LogP contribution in [0.5, 0.6) is 0 Å². The number of rotatable bonds is 70. The number of imide groups is 1. The lowest BCUT2D eigenvalue weighted by Crippen LogP contribution is -2.54. The van der Waals surface area contributed by atoms with Gasteiger partial charge in [0.05, 0.1) is 159 Å². The van der Waals surface area contributed by atoms with Crippen LogP contribution >= 0.6 is 0 Å². The third-order valence-electron chi connectivity index (χ3n) is 15.2. The van der Waals surface area contributed by atoms with Crippen molar-refractivity contribution in [2.75, 3.05) is 191 Å². The summed E-state index contributed by atoms with van der Waals surface area (Å²) in [6, 6.07) is -6.84. The summed E-state index contributed by atoms with van der Waals surface area (Å²) in [5, 5.41) is 32.5. The molecule has 0 aromatic carbocycles. The van der Waals surface area contributed by atoms with Crippen LogP contribution in [-0.4, -0.2) is 331 Å². The molecule has 0 bridgehead atoms. The number of hydrogen-bond acceptors (Lipinski definition) is 29. The van der Waals surface area contributed by atoms with E-state index in [-0.39, 0.29) is 154 Å². The van der Waals surface area contributed by atoms with Gasteiger partial charge in [0.1, 0.15) is 47.0 Å². The van der Waals surface area contributed by atoms with Crippen LogP contribution in [0.3, 0.4) is 0 Å². The highest BCUT2D eigenvalue weighted by Gasteiger charge is 2.33. The Morgan fingerprint density at radius 2 is 0.664 bits per heavy atom. The summed E-state index contributed by atoms with van der Waals surface area (Å²) in [5.74, 6) is -7.35. The summed E-state index contributed by atoms with van der Waals surface area (Å²) in [6.07, 6.45) is 3.12. The topological polar surface area (TPSA) is 509 Å². The Balaban J connectivity index is 1.97. The monoisotopic (exact) mass is 1660 g/mol. The molecule has 10 N–H and O–H groups in total. The number of aliphatic carboxylic acids is 1. The van der Waals surface area contributed by atoms with Crippen molar-refractivity contribution in [3.05, 3.63) is 12.2 Å². The van der Waals surface area contributed by atoms with Gasteiger partial charge in [-0.3, -0.25) is 57.6 Å². The highest BCUT2D eigenvalue weighted by molar-refractivity contribution is 6.12. The minimum absolute atomic E-state index is 0.00978. The SMILES string of the molecule is C[C@H](NC(=O)[C@H](C)NC(=O)[C@H](CCCCNC(=O)CCOCCOCCOCCOCCNC(=O)CCOCCOCCOCCOCCNC(=O)CCOCCOCCOCCOCCNC(=O)CC[C@H](NC(=O)N[C@@H](CCC(=O)OC(C)(C)C)C(=O)OC(C)(C)C)C(=O)OC(C)(C)C)NC(=O)CCCN1C(=O)C=CC1=O)C(=O)O. The number of ether oxygens (including phenoxy) is 15. The maximum absolute atomic E-state index is 13.2. The Kier molecular flexibility index (Phi) is 58.3. The molecule has 0 spiro atoms. The predicted molar refractivity (Wildman–Crippen MR) is 415 cm³/mol. The van der Waals surface area contributed by atoms with Crippen molar-refractivity contribution >= 4 is 83.1 Å². The highest BCUT2D eigenvalue weighted by Crippen LogP contribution is 2.16. The van der Waals surface area contributed by atoms with E-state index in [1.807, 2.05) is 0 Å². The predicted octanol–water partition coefficient (Wildman–Crippen LogP) is -0.103. The van der Waals surface area contributed by atoms with E-state index >= 15 is 0 Å². The molecule has 0 saturated heterocycles. The molecule has 1 aliphatic rings. The summed E-state index contributed by atoms with van der Waals surface area (Å²) in [6.45, 7) is 25.8. The van der Waals surface area contributed by atoms with Gasteiger partial charge in [-0.1, -0.05) is 0 Å². The van der Waals surface area contributed by atoms with Gasteiger partial charge < -0.3 is 124 Å². The number of unbranched alkanes of at least 4 members (excludes halogenated alkanes) is 1. The largest absolute Gasteiger partial charge is 0.480 e. The second kappa shape index (κ2) is 63.9. The molecule has 5 atom stereocenters. The summed E-state index contributed by atoms with van der Waals surface area (Å²) in [5.41, 5.74) is -2.56. The van der Waals surface area contributed by atoms with E-state index in [4.69, 9.17) is 76.2 Å². The first-order valence-electron chi connectivity index (χ1n) is 39.5. The lowest BCUT2D eigenvalue weighted by Gasteiger charge is -2.27. The minimum Gasteiger partial charge on any atom is -0.480 e. The van der Waals surface area contributed by atoms with Crippen molar-refractivity contribution in [3.63, 3.8) is 0 Å². The van der Waals surface area contributed by atoms with Gasteiger partial charge in [-0.05, 0) is 115 Å². The van der Waals surface area contributed by atoms with E-state index in [0.29, 0.717) is 132 Å². The van der Waals surface area contributed by atoms with E-state index in [1.54, 1.807) is 62.3 Å². The normalized spacial score (nSPS) is 13.5. The van der Waals surface area contributed by atoms with Crippen LogP contribution in [0.25, 0.3) is 0 Å². The molecular formula is C76H132N10O30. The Hall–Kier alpha value is -8.16. The number of carbonyl (C=O) groups excluding carboxylic acids is 13. The van der Waals surface area contributed by atoms with Crippen LogP contribution in [-0.2, 0) is 133 Å². The molecule has 1 rings (SSSR count). The minimum atomic E-state index is -1.26. The van der Waals surface area contributed by atoms with Crippen LogP contribution < -0.4 is 47.9 Å². The number of carboxylic acids is 1. The Morgan fingerprint density at radius 3 is 1.03 bits per heavy atom. The smallest absolute Gasteiger partial charge is 0.329 e. The molecule has 0 aromatic heterocycles. The average molecular weight is 1670 g/mol. The maximum Gasteiger partial charge on any atom is 0.329 e. The number of urea groups is 1. The zero-order valence-electron chi connectivity index (χ0n) is 69.8. The molecule has 40 nitrogen and oxygen atoms in total. The second-order valence-corrected chi connectivity index (χ2v) is 29.1. The molecule has 0 saturated carbocycles. The molecule has 40 heteroatoms. The second-order valence-electron chi connectivity index (χ2n) is 29.1. The van der Waals surface area contributed by atoms with E-state index < -0.39 is 112 Å². The van der Waals surface area contributed by atoms with Crippen molar-refractivity contribution in [1.29, 1.82) is 0 Å². The first kappa shape index (κ1) is 106. The lowest BCUT2D eigenvalue weighted by atomic mass is 10.1. The highest BCUT2D eigenvalue weighted by atomic mass is 16.6. The third kappa shape index (κ3) is 61.2. The molecule has 1 heterocycles. The summed E-state index contributed by atoms with van der Waals surface area (Å²) >= 11 is 0. The Bertz CT molecular complexity index is 2910. The van der Waals surface area contributed by atoms with Gasteiger partial charge in [0, 0.05) is 83.4 Å². The van der Waals surface area contributed by atoms with Gasteiger partial charge in [-0.2, -0.15) is 0 Å². The Labute approximate surface area is 680 Å². The first-order valence-corrected chi connectivity index (χ1v) is 39.5. The number of esters is 3. The zero-order chi connectivity index (χ0) is 86.4. The van der Waals surface area contributed by atoms with E-state index in [9.17, 15) is 67.1 Å². The number of carboxylic acid groups (broad SMARTS) is 1. The van der Waals surface area contributed by atoms with Crippen molar-refractivity contribution < 1.29 is 143 Å². The fourth-order valence-corrected chi connectivity index (χ4v) is 9.52. The fourth-order valence-electron chi connectivity index (χ4n) is 9.52. The molecule has 11 amide bonds. The van der Waals surface area contributed by atoms with E-state index in [2.05, 4.69) is 47.9 Å². The number of amides is 11. The molecule has 0 aliphatic carbocycles. The molecule has 0 radical (unpaired) electrons. The standard InChI is InChI=1S/C76H132N10O30/c1-55(68(95)82-56(2)70(97)98)81-69(96)57(83-64(91)16-14-30-86-65(92)20-21-66(86)93)15-12-13-26-77-61(88)23-31-102-37-43-108-49-53-112-47-41-106-35-28-79-63(90)25-33-104-39-45-110-51-54-113-48-42-107-36-29-80-62(89)24-32-103-38-44-109-50-52-111-46-40-105-34-27-78-60(87)19-17-58(71(99)115-75(6,7)8)84-73(101)85-59(72(100)116-76(9,10)11)18-22-67(94)114-74(3,4)5/h20-21,55-59H,12-19,22-54H2,1-11H3,(H,77,88)(H,78,87)(H,79,90)(H,80,89)(H,81,96)(H,82,95)(H,83,91)(H,97,98)(H2,84,85,101)/t55-,56-,57-,58-,59-/m0/s1. The molecule has 0 fully saturated rings. The fraction of sp³-hybridized carbons (Fsp3) is 0.789. The summed E-state index contributed by atoms with van der Waals surface area (Å²) < 4.78 is 82.2. The molecule has 116 heavy (non-hydrogen) atoms. The van der Waals surface area contributed by atoms with Crippen LogP contribution in [0.15, 0.2) is 12.2 Å². The first-order chi connectivity index (χ1) is 55.0. The van der Waals surface area contributed by atoms with E-state index in [0.717, 1.165) is 17.1 Å². The summed E-state index contributed by atoms with van der Waals surface area (Å²) in [7, 11) is 0. The van der Waals surface area contributed by atoms with Gasteiger partial charge in [0.15, 0.2) is 0 Å². The zero-order valence-corrected chi connectivity index (χ0v) is 69.8. The van der Waals surface area contributed by atoms with Gasteiger partial charge in [-0.15, -0.1) is 0 Å².